The predicted octanol–water partition coefficient (Wildman–Crippen LogP) is 2.06. The van der Waals surface area contributed by atoms with Crippen LogP contribution < -0.4 is 0 Å². The Bertz CT molecular complexity index is 421. The van der Waals surface area contributed by atoms with Gasteiger partial charge < -0.3 is 0 Å². The second kappa shape index (κ2) is 5.17. The Morgan fingerprint density at radius 3 is 1.26 bits per heavy atom. The van der Waals surface area contributed by atoms with Gasteiger partial charge in [0.05, 0.1) is 6.67 Å². The lowest BCUT2D eigenvalue weighted by Crippen LogP contribution is -2.58. The van der Waals surface area contributed by atoms with Crippen LogP contribution in [0.5, 0.6) is 0 Å². The van der Waals surface area contributed by atoms with Crippen molar-refractivity contribution in [2.45, 2.75) is 89.6 Å². The van der Waals surface area contributed by atoms with Gasteiger partial charge in [0.2, 0.25) is 0 Å². The van der Waals surface area contributed by atoms with Gasteiger partial charge in [-0.25, -0.2) is 0 Å². The first kappa shape index (κ1) is 16.3. The van der Waals surface area contributed by atoms with Gasteiger partial charge in [0, 0.05) is 61.4 Å². The van der Waals surface area contributed by atoms with Gasteiger partial charge in [0.25, 0.3) is 0 Å². The highest BCUT2D eigenvalue weighted by atomic mass is 15.5. The van der Waals surface area contributed by atoms with Crippen molar-refractivity contribution in [1.82, 2.24) is 19.6 Å². The standard InChI is InChI=1S/C19H36N4/c1-18(2,3)22-11-14-7-16(22)9-20(14)13-21-10-17-8-15(21)12-23(17)19(4,5)6/h14-17H,7-13H2,1-6H3. The summed E-state index contributed by atoms with van der Waals surface area (Å²) in [6, 6.07) is 3.20. The van der Waals surface area contributed by atoms with Crippen LogP contribution in [0.15, 0.2) is 0 Å². The van der Waals surface area contributed by atoms with Crippen molar-refractivity contribution < 1.29 is 0 Å². The quantitative estimate of drug-likeness (QED) is 0.772. The molecule has 23 heavy (non-hydrogen) atoms. The molecule has 4 aliphatic rings. The molecule has 0 amide bonds. The Hall–Kier alpha value is -0.160. The van der Waals surface area contributed by atoms with Crippen molar-refractivity contribution in [1.29, 1.82) is 0 Å². The van der Waals surface area contributed by atoms with E-state index in [4.69, 9.17) is 0 Å². The molecule has 0 N–H and O–H groups in total. The first-order chi connectivity index (χ1) is 10.6. The molecule has 0 spiro atoms. The van der Waals surface area contributed by atoms with Crippen LogP contribution in [0.25, 0.3) is 0 Å². The van der Waals surface area contributed by atoms with E-state index in [2.05, 4.69) is 61.1 Å². The van der Waals surface area contributed by atoms with Crippen LogP contribution in [-0.2, 0) is 0 Å². The van der Waals surface area contributed by atoms with Gasteiger partial charge in [0.15, 0.2) is 0 Å². The number of hydrogen-bond acceptors (Lipinski definition) is 4. The minimum atomic E-state index is 0.339. The van der Waals surface area contributed by atoms with Gasteiger partial charge in [-0.05, 0) is 54.4 Å². The maximum absolute atomic E-state index is 2.79. The smallest absolute Gasteiger partial charge is 0.0514 e. The van der Waals surface area contributed by atoms with Gasteiger partial charge in [-0.1, -0.05) is 0 Å². The molecule has 4 nitrogen and oxygen atoms in total. The number of fused-ring (bicyclic) bond motifs is 4. The van der Waals surface area contributed by atoms with Crippen LogP contribution in [0.2, 0.25) is 0 Å². The topological polar surface area (TPSA) is 13.0 Å². The SMILES string of the molecule is CC(C)(C)N1CC2CC1CN2CN1CC2CC1CN2C(C)(C)C. The van der Waals surface area contributed by atoms with Crippen molar-refractivity contribution in [3.8, 4) is 0 Å². The Balaban J connectivity index is 1.33. The van der Waals surface area contributed by atoms with Gasteiger partial charge in [-0.15, -0.1) is 0 Å². The Kier molecular flexibility index (Phi) is 3.67. The fourth-order valence-corrected chi connectivity index (χ4v) is 5.72. The molecule has 4 heteroatoms. The zero-order chi connectivity index (χ0) is 16.6. The predicted molar refractivity (Wildman–Crippen MR) is 95.6 cm³/mol. The van der Waals surface area contributed by atoms with Crippen LogP contribution in [0, 0.1) is 0 Å². The molecular formula is C19H36N4. The van der Waals surface area contributed by atoms with Crippen LogP contribution in [0.4, 0.5) is 0 Å². The van der Waals surface area contributed by atoms with E-state index in [1.165, 1.54) is 45.7 Å². The molecule has 0 aromatic rings. The summed E-state index contributed by atoms with van der Waals surface area (Å²) in [6.07, 6.45) is 2.79. The van der Waals surface area contributed by atoms with E-state index in [-0.39, 0.29) is 0 Å². The highest BCUT2D eigenvalue weighted by Crippen LogP contribution is 2.39. The Morgan fingerprint density at radius 2 is 1.00 bits per heavy atom. The van der Waals surface area contributed by atoms with Crippen LogP contribution >= 0.6 is 0 Å². The van der Waals surface area contributed by atoms with Crippen molar-refractivity contribution in [2.75, 3.05) is 32.8 Å². The Morgan fingerprint density at radius 1 is 0.609 bits per heavy atom. The molecule has 4 aliphatic heterocycles. The second-order valence-electron chi connectivity index (χ2n) is 10.4. The summed E-state index contributed by atoms with van der Waals surface area (Å²) in [6.45, 7) is 20.6. The summed E-state index contributed by atoms with van der Waals surface area (Å²) in [4.78, 5) is 11.1. The van der Waals surface area contributed by atoms with Gasteiger partial charge in [0.1, 0.15) is 0 Å². The van der Waals surface area contributed by atoms with E-state index in [0.29, 0.717) is 11.1 Å². The second-order valence-corrected chi connectivity index (χ2v) is 10.4. The monoisotopic (exact) mass is 320 g/mol. The lowest BCUT2D eigenvalue weighted by molar-refractivity contribution is 0.000796. The third-order valence-electron chi connectivity index (χ3n) is 6.79. The summed E-state index contributed by atoms with van der Waals surface area (Å²) < 4.78 is 0. The first-order valence-electron chi connectivity index (χ1n) is 9.64. The molecule has 0 radical (unpaired) electrons. The molecule has 4 heterocycles. The van der Waals surface area contributed by atoms with Crippen molar-refractivity contribution >= 4 is 0 Å². The molecular weight excluding hydrogens is 284 g/mol. The number of piperazine rings is 2. The normalized spacial score (nSPS) is 39.9. The van der Waals surface area contributed by atoms with Crippen molar-refractivity contribution in [3.63, 3.8) is 0 Å². The molecule has 4 bridgehead atoms. The minimum absolute atomic E-state index is 0.339. The molecule has 0 aliphatic carbocycles. The summed E-state index contributed by atoms with van der Waals surface area (Å²) >= 11 is 0. The molecule has 0 aromatic heterocycles. The molecule has 4 saturated heterocycles. The average Bonchev–Trinajstić information content (AvgIpc) is 3.14. The maximum atomic E-state index is 2.79. The molecule has 4 fully saturated rings. The Labute approximate surface area is 142 Å². The van der Waals surface area contributed by atoms with E-state index < -0.39 is 0 Å². The summed E-state index contributed by atoms with van der Waals surface area (Å²) in [5.74, 6) is 0. The summed E-state index contributed by atoms with van der Waals surface area (Å²) in [5.41, 5.74) is 0.677. The average molecular weight is 321 g/mol. The molecule has 4 unspecified atom stereocenters. The number of likely N-dealkylation sites (tertiary alicyclic amines) is 4. The molecule has 0 saturated carbocycles. The first-order valence-corrected chi connectivity index (χ1v) is 9.64. The van der Waals surface area contributed by atoms with E-state index in [1.54, 1.807) is 0 Å². The maximum Gasteiger partial charge on any atom is 0.0514 e. The fourth-order valence-electron chi connectivity index (χ4n) is 5.72. The van der Waals surface area contributed by atoms with Crippen LogP contribution in [-0.4, -0.2) is 87.7 Å². The van der Waals surface area contributed by atoms with E-state index in [1.807, 2.05) is 0 Å². The molecule has 4 rings (SSSR count). The lowest BCUT2D eigenvalue weighted by atomic mass is 10.0. The highest BCUT2D eigenvalue weighted by Gasteiger charge is 2.50. The van der Waals surface area contributed by atoms with Gasteiger partial charge >= 0.3 is 0 Å². The largest absolute Gasteiger partial charge is 0.293 e. The van der Waals surface area contributed by atoms with E-state index in [0.717, 1.165) is 24.2 Å². The minimum Gasteiger partial charge on any atom is -0.293 e. The number of rotatable bonds is 2. The molecule has 4 atom stereocenters. The summed E-state index contributed by atoms with van der Waals surface area (Å²) in [5, 5.41) is 0. The number of nitrogens with zero attached hydrogens (tertiary/aromatic N) is 4. The zero-order valence-electron chi connectivity index (χ0n) is 16.0. The lowest BCUT2D eigenvalue weighted by Gasteiger charge is -2.45. The third kappa shape index (κ3) is 2.76. The fraction of sp³-hybridized carbons (Fsp3) is 1.00. The van der Waals surface area contributed by atoms with Gasteiger partial charge in [-0.3, -0.25) is 19.6 Å². The van der Waals surface area contributed by atoms with Crippen LogP contribution in [0.3, 0.4) is 0 Å². The van der Waals surface area contributed by atoms with Crippen molar-refractivity contribution in [2.24, 2.45) is 0 Å². The molecule has 0 aromatic carbocycles. The third-order valence-corrected chi connectivity index (χ3v) is 6.79. The van der Waals surface area contributed by atoms with Gasteiger partial charge in [-0.2, -0.15) is 0 Å². The van der Waals surface area contributed by atoms with E-state index in [9.17, 15) is 0 Å². The number of hydrogen-bond donors (Lipinski definition) is 0. The summed E-state index contributed by atoms with van der Waals surface area (Å²) in [7, 11) is 0. The van der Waals surface area contributed by atoms with Crippen molar-refractivity contribution in [3.05, 3.63) is 0 Å². The highest BCUT2D eigenvalue weighted by molar-refractivity contribution is 5.06. The zero-order valence-corrected chi connectivity index (χ0v) is 16.0. The molecule has 132 valence electrons. The van der Waals surface area contributed by atoms with Crippen LogP contribution in [0.1, 0.15) is 54.4 Å². The van der Waals surface area contributed by atoms with E-state index >= 15 is 0 Å².